The third-order valence-electron chi connectivity index (χ3n) is 23.1. The Morgan fingerprint density at radius 3 is 1.16 bits per heavy atom. The molecule has 0 unspecified atom stereocenters. The van der Waals surface area contributed by atoms with Gasteiger partial charge in [-0.1, -0.05) is 285 Å². The Morgan fingerprint density at radius 1 is 0.159 bits per heavy atom. The van der Waals surface area contributed by atoms with E-state index in [4.69, 9.17) is 38.7 Å². The second-order valence-corrected chi connectivity index (χ2v) is 30.4. The van der Waals surface area contributed by atoms with E-state index < -0.39 is 0 Å². The van der Waals surface area contributed by atoms with Crippen molar-refractivity contribution in [1.29, 1.82) is 0 Å². The molecule has 0 aliphatic heterocycles. The van der Waals surface area contributed by atoms with Crippen molar-refractivity contribution in [2.24, 2.45) is 0 Å². The van der Waals surface area contributed by atoms with Crippen molar-refractivity contribution in [2.45, 2.75) is 0 Å². The first-order valence-electron chi connectivity index (χ1n) is 38.1. The highest BCUT2D eigenvalue weighted by atomic mass is 32.1. The van der Waals surface area contributed by atoms with Gasteiger partial charge in [0, 0.05) is 75.1 Å². The minimum absolute atomic E-state index is 0.533. The molecular weight excluding hydrogens is 1400 g/mol. The number of para-hydroxylation sites is 2. The quantitative estimate of drug-likeness (QED) is 0.132. The van der Waals surface area contributed by atoms with Gasteiger partial charge in [0.15, 0.2) is 34.9 Å². The molecule has 522 valence electrons. The summed E-state index contributed by atoms with van der Waals surface area (Å²) in [4.78, 5) is 33.3. The van der Waals surface area contributed by atoms with E-state index >= 15 is 0 Å². The second kappa shape index (κ2) is 24.8. The van der Waals surface area contributed by atoms with Crippen LogP contribution < -0.4 is 0 Å². The van der Waals surface area contributed by atoms with Crippen LogP contribution in [0.3, 0.4) is 0 Å². The summed E-state index contributed by atoms with van der Waals surface area (Å²) >= 11 is 1.80. The molecule has 0 radical (unpaired) electrons. The number of benzene rings is 19. The van der Waals surface area contributed by atoms with Gasteiger partial charge in [0.2, 0.25) is 0 Å². The minimum Gasteiger partial charge on any atom is -0.456 e. The lowest BCUT2D eigenvalue weighted by Gasteiger charge is -2.18. The Bertz CT molecular complexity index is 8090. The van der Waals surface area contributed by atoms with Crippen LogP contribution in [0.25, 0.3) is 252 Å². The number of fused-ring (bicyclic) bond motifs is 25. The van der Waals surface area contributed by atoms with Crippen molar-refractivity contribution in [1.82, 2.24) is 29.9 Å². The molecule has 0 saturated heterocycles. The smallest absolute Gasteiger partial charge is 0.164 e. The highest BCUT2D eigenvalue weighted by Gasteiger charge is 2.27. The fourth-order valence-corrected chi connectivity index (χ4v) is 19.4. The van der Waals surface area contributed by atoms with E-state index in [2.05, 4.69) is 285 Å². The van der Waals surface area contributed by atoms with Gasteiger partial charge in [-0.25, -0.2) is 29.9 Å². The number of aromatic nitrogens is 6. The van der Waals surface area contributed by atoms with E-state index in [0.29, 0.717) is 34.9 Å². The predicted molar refractivity (Wildman–Crippen MR) is 470 cm³/mol. The molecule has 0 saturated carbocycles. The summed E-state index contributed by atoms with van der Waals surface area (Å²) in [5.41, 5.74) is 15.0. The number of rotatable bonds is 9. The van der Waals surface area contributed by atoms with E-state index in [-0.39, 0.29) is 0 Å². The third-order valence-corrected chi connectivity index (χ3v) is 24.2. The number of furan rings is 2. The average Bonchev–Trinajstić information content (AvgIpc) is 1.32. The molecule has 0 N–H and O–H groups in total. The number of thiophene rings is 1. The fourth-order valence-electron chi connectivity index (χ4n) is 18.2. The zero-order valence-electron chi connectivity index (χ0n) is 60.4. The SMILES string of the molecule is c1ccc(-c2nc(-c3cccc(-c4cccc(-c5cc6c7ccccc7c7ccccc7c6c6ccccc56)c4)c3)nc(-c3cc(-c4cccc5c4c4ccccc4c4cc(-c6nc(-c7cccc8oc9ccccc9c78)nc(-c7cccc8oc9ccccc9c78)n6)c6ccccc6c45)cc4sc5ccccc5c34)n2)cc1. The van der Waals surface area contributed by atoms with Crippen molar-refractivity contribution in [2.75, 3.05) is 0 Å². The molecule has 24 rings (SSSR count). The topological polar surface area (TPSA) is 104 Å². The Morgan fingerprint density at radius 2 is 0.531 bits per heavy atom. The lowest BCUT2D eigenvalue weighted by molar-refractivity contribution is 0.668. The van der Waals surface area contributed by atoms with Crippen molar-refractivity contribution in [3.63, 3.8) is 0 Å². The molecule has 0 spiro atoms. The van der Waals surface area contributed by atoms with Crippen LogP contribution in [0, 0.1) is 0 Å². The Hall–Kier alpha value is -14.9. The molecule has 5 aromatic heterocycles. The van der Waals surface area contributed by atoms with E-state index in [0.717, 1.165) is 164 Å². The standard InChI is InChI=1S/C104H58N6O2S/c1-2-25-59(26-3-1)99-105-100(63-30-21-28-61(54-63)60-27-20-29-62(53-60)82-57-83-68-33-5-4-31-66(68)67-32-6-10-37-72(67)94(83)73-38-11-7-34-69(73)82)107-104(106-99)86-55-64(56-92-98(86)78-43-16-19-52-91(78)113-92)65-44-22-45-79-93(65)74-39-12-8-35-70(74)84-58-85(71-36-9-13-40-75(71)95(79)84)103-109-101(80-46-23-50-89-96(80)76-41-14-17-48-87(76)111-89)108-102(110-103)81-47-24-51-90-97(81)77-42-15-18-49-88(77)112-90/h1-58H. The maximum absolute atomic E-state index is 6.52. The highest BCUT2D eigenvalue weighted by molar-refractivity contribution is 7.26. The molecule has 0 fully saturated rings. The Balaban J connectivity index is 0.686. The van der Waals surface area contributed by atoms with Gasteiger partial charge in [-0.15, -0.1) is 11.3 Å². The summed E-state index contributed by atoms with van der Waals surface area (Å²) < 4.78 is 15.3. The lowest BCUT2D eigenvalue weighted by atomic mass is 9.86. The van der Waals surface area contributed by atoms with Crippen LogP contribution in [-0.4, -0.2) is 29.9 Å². The van der Waals surface area contributed by atoms with Crippen molar-refractivity contribution >= 4 is 162 Å². The summed E-state index contributed by atoms with van der Waals surface area (Å²) in [6.07, 6.45) is 0. The minimum atomic E-state index is 0.533. The first kappa shape index (κ1) is 63.1. The Kier molecular flexibility index (Phi) is 13.8. The molecule has 24 aromatic rings. The van der Waals surface area contributed by atoms with Crippen LogP contribution in [0.4, 0.5) is 0 Å². The molecule has 0 amide bonds. The van der Waals surface area contributed by atoms with Crippen molar-refractivity contribution < 1.29 is 8.83 Å². The van der Waals surface area contributed by atoms with Gasteiger partial charge in [-0.2, -0.15) is 0 Å². The van der Waals surface area contributed by atoms with Gasteiger partial charge in [0.25, 0.3) is 0 Å². The first-order valence-corrected chi connectivity index (χ1v) is 38.9. The summed E-state index contributed by atoms with van der Waals surface area (Å²) in [6.45, 7) is 0. The van der Waals surface area contributed by atoms with E-state index in [1.165, 1.54) is 53.4 Å². The van der Waals surface area contributed by atoms with Crippen molar-refractivity contribution in [3.05, 3.63) is 352 Å². The predicted octanol–water partition coefficient (Wildman–Crippen LogP) is 28.5. The lowest BCUT2D eigenvalue weighted by Crippen LogP contribution is -2.01. The van der Waals surface area contributed by atoms with Gasteiger partial charge in [0.05, 0.1) is 0 Å². The molecule has 9 heteroatoms. The summed E-state index contributed by atoms with van der Waals surface area (Å²) in [5.74, 6) is 3.37. The van der Waals surface area contributed by atoms with Gasteiger partial charge >= 0.3 is 0 Å². The number of nitrogens with zero attached hydrogens (tertiary/aromatic N) is 6. The molecule has 0 bridgehead atoms. The average molecular weight is 1460 g/mol. The zero-order chi connectivity index (χ0) is 73.9. The molecule has 0 aliphatic carbocycles. The van der Waals surface area contributed by atoms with E-state index in [1.807, 2.05) is 66.7 Å². The summed E-state index contributed by atoms with van der Waals surface area (Å²) in [7, 11) is 0. The van der Waals surface area contributed by atoms with E-state index in [9.17, 15) is 0 Å². The molecule has 113 heavy (non-hydrogen) atoms. The Labute approximate surface area is 649 Å². The van der Waals surface area contributed by atoms with Crippen LogP contribution in [0.1, 0.15) is 0 Å². The normalized spacial score (nSPS) is 12.1. The fraction of sp³-hybridized carbons (Fsp3) is 0. The highest BCUT2D eigenvalue weighted by Crippen LogP contribution is 2.51. The monoisotopic (exact) mass is 1450 g/mol. The van der Waals surface area contributed by atoms with Gasteiger partial charge < -0.3 is 8.83 Å². The summed E-state index contributed by atoms with van der Waals surface area (Å²) in [6, 6.07) is 126. The third kappa shape index (κ3) is 9.82. The maximum atomic E-state index is 6.52. The molecule has 0 atom stereocenters. The van der Waals surface area contributed by atoms with Crippen molar-refractivity contribution in [3.8, 4) is 102 Å². The van der Waals surface area contributed by atoms with Crippen LogP contribution in [0.15, 0.2) is 361 Å². The maximum Gasteiger partial charge on any atom is 0.164 e. The van der Waals surface area contributed by atoms with Crippen LogP contribution >= 0.6 is 11.3 Å². The van der Waals surface area contributed by atoms with E-state index in [1.54, 1.807) is 11.3 Å². The summed E-state index contributed by atoms with van der Waals surface area (Å²) in [5, 5.41) is 24.9. The molecular formula is C104H58N6O2S. The molecule has 5 heterocycles. The molecule has 19 aromatic carbocycles. The van der Waals surface area contributed by atoms with Crippen LogP contribution in [0.5, 0.6) is 0 Å². The largest absolute Gasteiger partial charge is 0.456 e. The first-order chi connectivity index (χ1) is 56.0. The number of hydrogen-bond donors (Lipinski definition) is 0. The number of hydrogen-bond acceptors (Lipinski definition) is 9. The zero-order valence-corrected chi connectivity index (χ0v) is 61.2. The molecule has 0 aliphatic rings. The van der Waals surface area contributed by atoms with Gasteiger partial charge in [0.1, 0.15) is 22.3 Å². The molecule has 8 nitrogen and oxygen atoms in total. The van der Waals surface area contributed by atoms with Crippen LogP contribution in [-0.2, 0) is 0 Å². The second-order valence-electron chi connectivity index (χ2n) is 29.3. The van der Waals surface area contributed by atoms with Crippen LogP contribution in [0.2, 0.25) is 0 Å². The van der Waals surface area contributed by atoms with Gasteiger partial charge in [-0.3, -0.25) is 0 Å². The van der Waals surface area contributed by atoms with Gasteiger partial charge in [-0.05, 0) is 186 Å².